The van der Waals surface area contributed by atoms with Crippen molar-refractivity contribution in [3.63, 3.8) is 0 Å². The number of rotatable bonds is 5. The smallest absolute Gasteiger partial charge is 0.129 e. The zero-order valence-corrected chi connectivity index (χ0v) is 11.7. The van der Waals surface area contributed by atoms with Crippen molar-refractivity contribution in [1.29, 1.82) is 0 Å². The number of aromatic hydroxyl groups is 1. The molecule has 0 radical (unpaired) electrons. The maximum absolute atomic E-state index is 9.36. The summed E-state index contributed by atoms with van der Waals surface area (Å²) in [5.74, 6) is 1.68. The van der Waals surface area contributed by atoms with Crippen LogP contribution in [0.5, 0.6) is 5.75 Å². The Kier molecular flexibility index (Phi) is 5.29. The molecule has 0 aliphatic heterocycles. The van der Waals surface area contributed by atoms with Gasteiger partial charge >= 0.3 is 0 Å². The van der Waals surface area contributed by atoms with Crippen molar-refractivity contribution < 1.29 is 5.11 Å². The van der Waals surface area contributed by atoms with Crippen molar-refractivity contribution in [3.8, 4) is 5.75 Å². The van der Waals surface area contributed by atoms with E-state index in [1.54, 1.807) is 6.07 Å². The summed E-state index contributed by atoms with van der Waals surface area (Å²) >= 11 is 3.31. The van der Waals surface area contributed by atoms with Crippen LogP contribution < -0.4 is 5.32 Å². The van der Waals surface area contributed by atoms with Gasteiger partial charge in [-0.3, -0.25) is 0 Å². The van der Waals surface area contributed by atoms with Crippen molar-refractivity contribution in [1.82, 2.24) is 5.32 Å². The van der Waals surface area contributed by atoms with E-state index in [2.05, 4.69) is 42.0 Å². The van der Waals surface area contributed by atoms with Crippen molar-refractivity contribution in [3.05, 3.63) is 28.2 Å². The van der Waals surface area contributed by atoms with Crippen LogP contribution >= 0.6 is 15.9 Å². The first-order valence-corrected chi connectivity index (χ1v) is 6.48. The highest BCUT2D eigenvalue weighted by Crippen LogP contribution is 2.24. The Morgan fingerprint density at radius 3 is 2.56 bits per heavy atom. The van der Waals surface area contributed by atoms with Crippen LogP contribution in [0.2, 0.25) is 0 Å². The quantitative estimate of drug-likeness (QED) is 0.867. The molecule has 1 rings (SSSR count). The van der Waals surface area contributed by atoms with Gasteiger partial charge in [-0.1, -0.05) is 26.8 Å². The molecule has 1 aromatic rings. The Morgan fingerprint density at radius 2 is 2.00 bits per heavy atom. The molecule has 0 aliphatic carbocycles. The Bertz CT molecular complexity index is 339. The predicted octanol–water partition coefficient (Wildman–Crippen LogP) is 3.54. The molecule has 0 heterocycles. The number of nitrogens with one attached hydrogen (secondary N) is 1. The van der Waals surface area contributed by atoms with Crippen molar-refractivity contribution in [2.45, 2.75) is 27.3 Å². The first-order valence-electron chi connectivity index (χ1n) is 5.68. The van der Waals surface area contributed by atoms with Gasteiger partial charge in [-0.2, -0.15) is 0 Å². The topological polar surface area (TPSA) is 32.3 Å². The molecule has 0 saturated carbocycles. The third-order valence-corrected chi connectivity index (χ3v) is 3.58. The van der Waals surface area contributed by atoms with E-state index in [1.807, 2.05) is 12.1 Å². The minimum Gasteiger partial charge on any atom is -0.507 e. The third-order valence-electron chi connectivity index (χ3n) is 2.95. The number of halogens is 1. The van der Waals surface area contributed by atoms with Crippen molar-refractivity contribution >= 4 is 15.9 Å². The fourth-order valence-electron chi connectivity index (χ4n) is 1.34. The monoisotopic (exact) mass is 285 g/mol. The fourth-order valence-corrected chi connectivity index (χ4v) is 1.77. The van der Waals surface area contributed by atoms with Gasteiger partial charge in [-0.05, 0) is 52.0 Å². The molecule has 1 aromatic carbocycles. The Hall–Kier alpha value is -0.540. The zero-order valence-electron chi connectivity index (χ0n) is 10.1. The van der Waals surface area contributed by atoms with Gasteiger partial charge in [-0.25, -0.2) is 0 Å². The van der Waals surface area contributed by atoms with Gasteiger partial charge in [0.25, 0.3) is 0 Å². The molecule has 1 atom stereocenters. The summed E-state index contributed by atoms with van der Waals surface area (Å²) in [4.78, 5) is 0. The lowest BCUT2D eigenvalue weighted by Gasteiger charge is -2.16. The Balaban J connectivity index is 2.40. The van der Waals surface area contributed by atoms with E-state index in [0.29, 0.717) is 17.6 Å². The van der Waals surface area contributed by atoms with Crippen LogP contribution in [0.4, 0.5) is 0 Å². The maximum Gasteiger partial charge on any atom is 0.129 e. The molecule has 3 heteroatoms. The minimum atomic E-state index is 0.291. The highest BCUT2D eigenvalue weighted by atomic mass is 79.9. The Morgan fingerprint density at radius 1 is 1.31 bits per heavy atom. The summed E-state index contributed by atoms with van der Waals surface area (Å²) in [5.41, 5.74) is 1.18. The molecule has 0 aromatic heterocycles. The molecule has 2 N–H and O–H groups in total. The number of hydrogen-bond donors (Lipinski definition) is 2. The second kappa shape index (κ2) is 6.26. The van der Waals surface area contributed by atoms with Crippen LogP contribution in [0, 0.1) is 11.8 Å². The minimum absolute atomic E-state index is 0.291. The summed E-state index contributed by atoms with van der Waals surface area (Å²) in [7, 11) is 0. The van der Waals surface area contributed by atoms with E-state index in [4.69, 9.17) is 0 Å². The first kappa shape index (κ1) is 13.5. The van der Waals surface area contributed by atoms with Crippen LogP contribution in [0.25, 0.3) is 0 Å². The van der Waals surface area contributed by atoms with E-state index in [0.717, 1.165) is 17.6 Å². The Labute approximate surface area is 106 Å². The van der Waals surface area contributed by atoms with Gasteiger partial charge in [0.2, 0.25) is 0 Å². The molecule has 0 spiro atoms. The van der Waals surface area contributed by atoms with E-state index in [9.17, 15) is 5.11 Å². The summed E-state index contributed by atoms with van der Waals surface area (Å²) < 4.78 is 0.753. The largest absolute Gasteiger partial charge is 0.507 e. The van der Waals surface area contributed by atoms with E-state index >= 15 is 0 Å². The molecule has 2 nitrogen and oxygen atoms in total. The lowest BCUT2D eigenvalue weighted by molar-refractivity contribution is 0.392. The number of phenols is 1. The van der Waals surface area contributed by atoms with Gasteiger partial charge in [-0.15, -0.1) is 0 Å². The van der Waals surface area contributed by atoms with Gasteiger partial charge in [0.05, 0.1) is 4.47 Å². The normalized spacial score (nSPS) is 13.1. The number of benzene rings is 1. The van der Waals surface area contributed by atoms with Crippen LogP contribution in [-0.4, -0.2) is 11.7 Å². The lowest BCUT2D eigenvalue weighted by atomic mass is 9.98. The molecule has 0 bridgehead atoms. The van der Waals surface area contributed by atoms with Crippen molar-refractivity contribution in [2.75, 3.05) is 6.54 Å². The average Bonchev–Trinajstić information content (AvgIpc) is 2.23. The second-order valence-corrected chi connectivity index (χ2v) is 5.49. The molecule has 16 heavy (non-hydrogen) atoms. The SMILES string of the molecule is CC(C)C(C)CNCc1ccc(O)c(Br)c1. The van der Waals surface area contributed by atoms with E-state index < -0.39 is 0 Å². The summed E-state index contributed by atoms with van der Waals surface area (Å²) in [6, 6.07) is 5.60. The summed E-state index contributed by atoms with van der Waals surface area (Å²) in [6.45, 7) is 8.60. The highest BCUT2D eigenvalue weighted by Gasteiger charge is 2.06. The fraction of sp³-hybridized carbons (Fsp3) is 0.538. The maximum atomic E-state index is 9.36. The van der Waals surface area contributed by atoms with Gasteiger partial charge < -0.3 is 10.4 Å². The number of hydrogen-bond acceptors (Lipinski definition) is 2. The van der Waals surface area contributed by atoms with Gasteiger partial charge in [0.1, 0.15) is 5.75 Å². The molecule has 0 fully saturated rings. The molecular formula is C13H20BrNO. The average molecular weight is 286 g/mol. The molecule has 0 aliphatic rings. The summed E-state index contributed by atoms with van der Waals surface area (Å²) in [5, 5.41) is 12.8. The molecular weight excluding hydrogens is 266 g/mol. The standard InChI is InChI=1S/C13H20BrNO/c1-9(2)10(3)7-15-8-11-4-5-13(16)12(14)6-11/h4-6,9-10,15-16H,7-8H2,1-3H3. The van der Waals surface area contributed by atoms with Gasteiger partial charge in [0.15, 0.2) is 0 Å². The molecule has 1 unspecified atom stereocenters. The van der Waals surface area contributed by atoms with E-state index in [-0.39, 0.29) is 0 Å². The molecule has 90 valence electrons. The van der Waals surface area contributed by atoms with Crippen LogP contribution in [0.1, 0.15) is 26.3 Å². The second-order valence-electron chi connectivity index (χ2n) is 4.64. The van der Waals surface area contributed by atoms with Gasteiger partial charge in [0, 0.05) is 6.54 Å². The molecule has 0 saturated heterocycles. The predicted molar refractivity (Wildman–Crippen MR) is 71.5 cm³/mol. The van der Waals surface area contributed by atoms with E-state index in [1.165, 1.54) is 5.56 Å². The highest BCUT2D eigenvalue weighted by molar-refractivity contribution is 9.10. The van der Waals surface area contributed by atoms with Crippen LogP contribution in [0.15, 0.2) is 22.7 Å². The van der Waals surface area contributed by atoms with Crippen LogP contribution in [0.3, 0.4) is 0 Å². The zero-order chi connectivity index (χ0) is 12.1. The summed E-state index contributed by atoms with van der Waals surface area (Å²) in [6.07, 6.45) is 0. The van der Waals surface area contributed by atoms with Crippen molar-refractivity contribution in [2.24, 2.45) is 11.8 Å². The number of phenolic OH excluding ortho intramolecular Hbond substituents is 1. The van der Waals surface area contributed by atoms with Crippen LogP contribution in [-0.2, 0) is 6.54 Å². The molecule has 0 amide bonds. The first-order chi connectivity index (χ1) is 7.50. The lowest BCUT2D eigenvalue weighted by Crippen LogP contribution is -2.23. The third kappa shape index (κ3) is 4.14.